The summed E-state index contributed by atoms with van der Waals surface area (Å²) in [4.78, 5) is 2.50. The van der Waals surface area contributed by atoms with Gasteiger partial charge in [0, 0.05) is 18.6 Å². The lowest BCUT2D eigenvalue weighted by atomic mass is 9.95. The van der Waals surface area contributed by atoms with E-state index in [1.165, 1.54) is 32.2 Å². The number of nitrogens with two attached hydrogens (primary N) is 1. The minimum Gasteiger partial charge on any atom is -0.328 e. The highest BCUT2D eigenvalue weighted by atomic mass is 15.1. The monoisotopic (exact) mass is 154 g/mol. The van der Waals surface area contributed by atoms with Gasteiger partial charge >= 0.3 is 0 Å². The summed E-state index contributed by atoms with van der Waals surface area (Å²) in [6.45, 7) is 1.29. The molecule has 0 aromatic heterocycles. The van der Waals surface area contributed by atoms with Gasteiger partial charge in [-0.25, -0.2) is 0 Å². The van der Waals surface area contributed by atoms with E-state index in [9.17, 15) is 0 Å². The first kappa shape index (κ1) is 7.56. The molecule has 64 valence electrons. The van der Waals surface area contributed by atoms with Crippen LogP contribution in [-0.4, -0.2) is 30.6 Å². The van der Waals surface area contributed by atoms with Crippen LogP contribution >= 0.6 is 0 Å². The van der Waals surface area contributed by atoms with Gasteiger partial charge in [0.25, 0.3) is 0 Å². The van der Waals surface area contributed by atoms with E-state index in [-0.39, 0.29) is 0 Å². The highest BCUT2D eigenvalue weighted by molar-refractivity contribution is 4.88. The minimum absolute atomic E-state index is 0.484. The van der Waals surface area contributed by atoms with E-state index in [0.29, 0.717) is 6.04 Å². The van der Waals surface area contributed by atoms with E-state index in [1.54, 1.807) is 0 Å². The molecule has 3 fully saturated rings. The van der Waals surface area contributed by atoms with Gasteiger partial charge in [0.15, 0.2) is 0 Å². The molecule has 2 aliphatic heterocycles. The number of rotatable bonds is 0. The van der Waals surface area contributed by atoms with Crippen molar-refractivity contribution in [3.05, 3.63) is 0 Å². The van der Waals surface area contributed by atoms with Gasteiger partial charge in [-0.3, -0.25) is 0 Å². The Labute approximate surface area is 68.7 Å². The normalized spacial score (nSPS) is 45.8. The summed E-state index contributed by atoms with van der Waals surface area (Å²) in [6.07, 6.45) is 5.30. The molecule has 3 atom stereocenters. The predicted molar refractivity (Wildman–Crippen MR) is 46.4 cm³/mol. The largest absolute Gasteiger partial charge is 0.328 e. The van der Waals surface area contributed by atoms with E-state index in [0.717, 1.165) is 12.0 Å². The molecule has 1 unspecified atom stereocenters. The first-order chi connectivity index (χ1) is 5.25. The maximum absolute atomic E-state index is 5.99. The Morgan fingerprint density at radius 2 is 2.09 bits per heavy atom. The van der Waals surface area contributed by atoms with Gasteiger partial charge in [0.2, 0.25) is 0 Å². The highest BCUT2D eigenvalue weighted by Gasteiger charge is 2.32. The molecule has 2 saturated heterocycles. The van der Waals surface area contributed by atoms with Crippen LogP contribution in [0.5, 0.6) is 0 Å². The second kappa shape index (κ2) is 2.76. The topological polar surface area (TPSA) is 29.3 Å². The third-order valence-corrected chi connectivity index (χ3v) is 3.29. The highest BCUT2D eigenvalue weighted by Crippen LogP contribution is 2.31. The zero-order chi connectivity index (χ0) is 7.84. The summed E-state index contributed by atoms with van der Waals surface area (Å²) in [7, 11) is 2.24. The Morgan fingerprint density at radius 3 is 2.82 bits per heavy atom. The summed E-state index contributed by atoms with van der Waals surface area (Å²) >= 11 is 0. The van der Waals surface area contributed by atoms with Crippen molar-refractivity contribution in [2.45, 2.75) is 37.8 Å². The molecule has 3 rings (SSSR count). The van der Waals surface area contributed by atoms with Crippen molar-refractivity contribution >= 4 is 0 Å². The molecule has 1 saturated carbocycles. The lowest BCUT2D eigenvalue weighted by Gasteiger charge is -2.33. The van der Waals surface area contributed by atoms with Crippen LogP contribution in [0.3, 0.4) is 0 Å². The molecular formula is C9H18N2. The third kappa shape index (κ3) is 1.42. The predicted octanol–water partition coefficient (Wildman–Crippen LogP) is 0.818. The molecule has 0 radical (unpaired) electrons. The first-order valence-corrected chi connectivity index (χ1v) is 4.71. The average molecular weight is 154 g/mol. The van der Waals surface area contributed by atoms with E-state index in [4.69, 9.17) is 5.73 Å². The number of piperidine rings is 1. The van der Waals surface area contributed by atoms with Crippen LogP contribution in [0.1, 0.15) is 25.7 Å². The molecule has 0 aromatic carbocycles. The lowest BCUT2D eigenvalue weighted by Crippen LogP contribution is -2.38. The van der Waals surface area contributed by atoms with Crippen molar-refractivity contribution in [2.24, 2.45) is 11.7 Å². The van der Waals surface area contributed by atoms with Crippen LogP contribution < -0.4 is 5.73 Å². The summed E-state index contributed by atoms with van der Waals surface area (Å²) in [5, 5.41) is 0. The fourth-order valence-electron chi connectivity index (χ4n) is 2.66. The van der Waals surface area contributed by atoms with Gasteiger partial charge in [-0.1, -0.05) is 0 Å². The van der Waals surface area contributed by atoms with Gasteiger partial charge in [-0.05, 0) is 38.6 Å². The molecule has 0 spiro atoms. The third-order valence-electron chi connectivity index (χ3n) is 3.29. The fourth-order valence-corrected chi connectivity index (χ4v) is 2.66. The molecule has 11 heavy (non-hydrogen) atoms. The van der Waals surface area contributed by atoms with Gasteiger partial charge in [-0.2, -0.15) is 0 Å². The molecule has 2 nitrogen and oxygen atoms in total. The van der Waals surface area contributed by atoms with E-state index < -0.39 is 0 Å². The first-order valence-electron chi connectivity index (χ1n) is 4.71. The number of fused-ring (bicyclic) bond motifs is 4. The summed E-state index contributed by atoms with van der Waals surface area (Å²) in [5.41, 5.74) is 5.99. The molecule has 3 aliphatic rings. The van der Waals surface area contributed by atoms with Crippen molar-refractivity contribution in [1.29, 1.82) is 0 Å². The second-order valence-corrected chi connectivity index (χ2v) is 4.27. The lowest BCUT2D eigenvalue weighted by molar-refractivity contribution is 0.157. The molecule has 2 N–H and O–H groups in total. The molecule has 0 amide bonds. The quantitative estimate of drug-likeness (QED) is 0.559. The van der Waals surface area contributed by atoms with Gasteiger partial charge < -0.3 is 10.6 Å². The number of nitrogens with zero attached hydrogens (tertiary/aromatic N) is 1. The Balaban J connectivity index is 2.10. The van der Waals surface area contributed by atoms with Crippen molar-refractivity contribution in [3.8, 4) is 0 Å². The molecule has 2 heteroatoms. The summed E-state index contributed by atoms with van der Waals surface area (Å²) < 4.78 is 0. The maximum Gasteiger partial charge on any atom is 0.0107 e. The van der Waals surface area contributed by atoms with Crippen molar-refractivity contribution in [3.63, 3.8) is 0 Å². The van der Waals surface area contributed by atoms with Gasteiger partial charge in [0.1, 0.15) is 0 Å². The molecule has 0 aromatic rings. The standard InChI is InChI=1S/C9H18N2/c1-11-6-7-2-3-9(11)5-8(10)4-7/h7-9H,2-6,10H2,1H3/t7-,8-,9?/m1/s1. The van der Waals surface area contributed by atoms with Gasteiger partial charge in [-0.15, -0.1) is 0 Å². The van der Waals surface area contributed by atoms with Gasteiger partial charge in [0.05, 0.1) is 0 Å². The molecule has 2 bridgehead atoms. The second-order valence-electron chi connectivity index (χ2n) is 4.27. The smallest absolute Gasteiger partial charge is 0.0107 e. The fraction of sp³-hybridized carbons (Fsp3) is 1.00. The molecule has 1 aliphatic carbocycles. The number of hydrogen-bond acceptors (Lipinski definition) is 2. The molecule has 2 heterocycles. The SMILES string of the molecule is CN1C[C@@H]2CCC1C[C@H](N)C2. The maximum atomic E-state index is 5.99. The summed E-state index contributed by atoms with van der Waals surface area (Å²) in [5.74, 6) is 0.897. The number of hydrogen-bond donors (Lipinski definition) is 1. The van der Waals surface area contributed by atoms with E-state index in [1.807, 2.05) is 0 Å². The van der Waals surface area contributed by atoms with Crippen LogP contribution in [0.15, 0.2) is 0 Å². The van der Waals surface area contributed by atoms with Crippen LogP contribution in [0.2, 0.25) is 0 Å². The van der Waals surface area contributed by atoms with Crippen molar-refractivity contribution in [1.82, 2.24) is 4.90 Å². The van der Waals surface area contributed by atoms with E-state index >= 15 is 0 Å². The zero-order valence-electron chi connectivity index (χ0n) is 7.29. The van der Waals surface area contributed by atoms with E-state index in [2.05, 4.69) is 11.9 Å². The van der Waals surface area contributed by atoms with Crippen molar-refractivity contribution in [2.75, 3.05) is 13.6 Å². The average Bonchev–Trinajstić information content (AvgIpc) is 2.16. The Hall–Kier alpha value is -0.0800. The van der Waals surface area contributed by atoms with Crippen LogP contribution in [0.25, 0.3) is 0 Å². The van der Waals surface area contributed by atoms with Crippen molar-refractivity contribution < 1.29 is 0 Å². The zero-order valence-corrected chi connectivity index (χ0v) is 7.29. The Morgan fingerprint density at radius 1 is 1.27 bits per heavy atom. The Bertz CT molecular complexity index is 144. The Kier molecular flexibility index (Phi) is 1.90. The van der Waals surface area contributed by atoms with Crippen LogP contribution in [0, 0.1) is 5.92 Å². The molecular weight excluding hydrogens is 136 g/mol. The van der Waals surface area contributed by atoms with Crippen LogP contribution in [-0.2, 0) is 0 Å². The minimum atomic E-state index is 0.484. The summed E-state index contributed by atoms with van der Waals surface area (Å²) in [6, 6.07) is 1.28. The van der Waals surface area contributed by atoms with Crippen LogP contribution in [0.4, 0.5) is 0 Å².